The fourth-order valence-electron chi connectivity index (χ4n) is 3.49. The van der Waals surface area contributed by atoms with Gasteiger partial charge >= 0.3 is 0 Å². The maximum atomic E-state index is 5.47. The maximum Gasteiger partial charge on any atom is 0.154 e. The average Bonchev–Trinajstić information content (AvgIpc) is 3.38. The zero-order chi connectivity index (χ0) is 20.8. The number of ether oxygens (including phenoxy) is 1. The van der Waals surface area contributed by atoms with Crippen LogP contribution in [0.3, 0.4) is 0 Å². The van der Waals surface area contributed by atoms with Crippen LogP contribution in [0.5, 0.6) is 5.75 Å². The third-order valence-electron chi connectivity index (χ3n) is 5.43. The first-order valence-electron chi connectivity index (χ1n) is 9.63. The minimum atomic E-state index is 0.778. The number of pyridine rings is 1. The predicted molar refractivity (Wildman–Crippen MR) is 122 cm³/mol. The van der Waals surface area contributed by atoms with Gasteiger partial charge in [-0.25, -0.2) is 9.50 Å². The van der Waals surface area contributed by atoms with Gasteiger partial charge < -0.3 is 9.64 Å². The number of rotatable bonds is 4. The molecule has 0 N–H and O–H groups in total. The van der Waals surface area contributed by atoms with E-state index >= 15 is 0 Å². The van der Waals surface area contributed by atoms with E-state index in [2.05, 4.69) is 53.0 Å². The Morgan fingerprint density at radius 2 is 1.87 bits per heavy atom. The Morgan fingerprint density at radius 1 is 1.00 bits per heavy atom. The Labute approximate surface area is 178 Å². The van der Waals surface area contributed by atoms with Crippen LogP contribution in [0, 0.1) is 13.8 Å². The second-order valence-corrected chi connectivity index (χ2v) is 8.36. The van der Waals surface area contributed by atoms with Crippen molar-refractivity contribution in [2.45, 2.75) is 13.8 Å². The number of nitrogens with zero attached hydrogens (tertiary/aromatic N) is 5. The first kappa shape index (κ1) is 18.6. The van der Waals surface area contributed by atoms with E-state index in [0.29, 0.717) is 0 Å². The molecule has 7 heteroatoms. The Bertz CT molecular complexity index is 1390. The number of anilines is 2. The van der Waals surface area contributed by atoms with Crippen molar-refractivity contribution in [3.63, 3.8) is 0 Å². The highest BCUT2D eigenvalue weighted by Crippen LogP contribution is 2.38. The van der Waals surface area contributed by atoms with Crippen LogP contribution in [0.4, 0.5) is 11.5 Å². The van der Waals surface area contributed by atoms with Gasteiger partial charge in [-0.05, 0) is 55.3 Å². The van der Waals surface area contributed by atoms with E-state index in [9.17, 15) is 0 Å². The molecule has 5 rings (SSSR count). The number of aromatic nitrogens is 4. The van der Waals surface area contributed by atoms with Gasteiger partial charge in [-0.3, -0.25) is 4.98 Å². The molecule has 0 spiro atoms. The summed E-state index contributed by atoms with van der Waals surface area (Å²) in [5.41, 5.74) is 5.40. The Hall–Kier alpha value is -3.45. The van der Waals surface area contributed by atoms with Crippen molar-refractivity contribution >= 4 is 38.6 Å². The number of thiophene rings is 1. The second kappa shape index (κ2) is 7.11. The number of hydrogen-bond donors (Lipinski definition) is 0. The summed E-state index contributed by atoms with van der Waals surface area (Å²) in [5, 5.41) is 5.94. The lowest BCUT2D eigenvalue weighted by atomic mass is 10.1. The summed E-state index contributed by atoms with van der Waals surface area (Å²) in [7, 11) is 3.70. The molecule has 6 nitrogen and oxygen atoms in total. The first-order valence-corrected chi connectivity index (χ1v) is 10.4. The summed E-state index contributed by atoms with van der Waals surface area (Å²) in [6.07, 6.45) is 5.46. The molecular weight excluding hydrogens is 394 g/mol. The predicted octanol–water partition coefficient (Wildman–Crippen LogP) is 5.40. The van der Waals surface area contributed by atoms with Crippen molar-refractivity contribution in [1.82, 2.24) is 19.6 Å². The van der Waals surface area contributed by atoms with Crippen LogP contribution in [0.25, 0.3) is 26.3 Å². The van der Waals surface area contributed by atoms with Crippen LogP contribution in [-0.2, 0) is 0 Å². The molecule has 0 amide bonds. The highest BCUT2D eigenvalue weighted by molar-refractivity contribution is 7.22. The molecule has 150 valence electrons. The summed E-state index contributed by atoms with van der Waals surface area (Å²) >= 11 is 1.66. The molecule has 0 fully saturated rings. The summed E-state index contributed by atoms with van der Waals surface area (Å²) in [4.78, 5) is 12.0. The van der Waals surface area contributed by atoms with Gasteiger partial charge in [-0.15, -0.1) is 16.4 Å². The SMILES string of the molecule is COc1cncc2cc(-c3cnc4ccc(N(C)c5ccc(C)c(C)c5)nn34)sc12. The number of methoxy groups -OCH3 is 1. The molecule has 0 atom stereocenters. The molecule has 0 aliphatic carbocycles. The van der Waals surface area contributed by atoms with Crippen molar-refractivity contribution in [1.29, 1.82) is 0 Å². The molecule has 0 aliphatic heterocycles. The maximum absolute atomic E-state index is 5.47. The van der Waals surface area contributed by atoms with Crippen molar-refractivity contribution < 1.29 is 4.74 Å². The number of fused-ring (bicyclic) bond motifs is 2. The number of benzene rings is 1. The molecule has 0 bridgehead atoms. The smallest absolute Gasteiger partial charge is 0.154 e. The second-order valence-electron chi connectivity index (χ2n) is 7.30. The number of hydrogen-bond acceptors (Lipinski definition) is 6. The standard InChI is InChI=1S/C23H21N5OS/c1-14-5-6-17(9-15(14)2)27(3)22-8-7-21-25-12-18(28(21)26-22)20-10-16-11-24-13-19(29-4)23(16)30-20/h5-13H,1-4H3. The van der Waals surface area contributed by atoms with Gasteiger partial charge in [0, 0.05) is 24.3 Å². The van der Waals surface area contributed by atoms with Gasteiger partial charge in [0.2, 0.25) is 0 Å². The molecule has 0 radical (unpaired) electrons. The Kier molecular flexibility index (Phi) is 4.40. The van der Waals surface area contributed by atoms with E-state index < -0.39 is 0 Å². The Morgan fingerprint density at radius 3 is 2.67 bits per heavy atom. The molecule has 1 aromatic carbocycles. The molecule has 4 heterocycles. The van der Waals surface area contributed by atoms with E-state index in [1.807, 2.05) is 36.1 Å². The van der Waals surface area contributed by atoms with Crippen LogP contribution in [0.2, 0.25) is 0 Å². The van der Waals surface area contributed by atoms with E-state index in [-0.39, 0.29) is 0 Å². The lowest BCUT2D eigenvalue weighted by Crippen LogP contribution is -2.13. The van der Waals surface area contributed by atoms with Crippen LogP contribution in [0.15, 0.2) is 55.0 Å². The molecule has 0 unspecified atom stereocenters. The van der Waals surface area contributed by atoms with Gasteiger partial charge in [-0.2, -0.15) is 0 Å². The van der Waals surface area contributed by atoms with Crippen LogP contribution >= 0.6 is 11.3 Å². The monoisotopic (exact) mass is 415 g/mol. The zero-order valence-electron chi connectivity index (χ0n) is 17.2. The lowest BCUT2D eigenvalue weighted by molar-refractivity contribution is 0.419. The van der Waals surface area contributed by atoms with Gasteiger partial charge in [0.15, 0.2) is 17.2 Å². The van der Waals surface area contributed by atoms with E-state index in [1.54, 1.807) is 24.6 Å². The van der Waals surface area contributed by atoms with Crippen LogP contribution in [-0.4, -0.2) is 33.7 Å². The van der Waals surface area contributed by atoms with Gasteiger partial charge in [-0.1, -0.05) is 6.07 Å². The minimum absolute atomic E-state index is 0.778. The molecule has 30 heavy (non-hydrogen) atoms. The van der Waals surface area contributed by atoms with E-state index in [4.69, 9.17) is 9.84 Å². The molecule has 4 aromatic heterocycles. The Balaban J connectivity index is 1.60. The highest BCUT2D eigenvalue weighted by Gasteiger charge is 2.15. The zero-order valence-corrected chi connectivity index (χ0v) is 18.1. The minimum Gasteiger partial charge on any atom is -0.494 e. The van der Waals surface area contributed by atoms with Crippen molar-refractivity contribution in [2.75, 3.05) is 19.1 Å². The molecule has 0 saturated heterocycles. The summed E-state index contributed by atoms with van der Waals surface area (Å²) < 4.78 is 8.44. The van der Waals surface area contributed by atoms with Crippen molar-refractivity contribution in [3.8, 4) is 16.3 Å². The van der Waals surface area contributed by atoms with E-state index in [0.717, 1.165) is 43.6 Å². The fourth-order valence-corrected chi connectivity index (χ4v) is 4.60. The highest BCUT2D eigenvalue weighted by atomic mass is 32.1. The summed E-state index contributed by atoms with van der Waals surface area (Å²) in [6, 6.07) is 12.6. The van der Waals surface area contributed by atoms with Gasteiger partial charge in [0.25, 0.3) is 0 Å². The third kappa shape index (κ3) is 2.98. The summed E-state index contributed by atoms with van der Waals surface area (Å²) in [6.45, 7) is 4.25. The van der Waals surface area contributed by atoms with Gasteiger partial charge in [0.1, 0.15) is 5.69 Å². The largest absolute Gasteiger partial charge is 0.494 e. The lowest BCUT2D eigenvalue weighted by Gasteiger charge is -2.19. The molecule has 0 aliphatic rings. The number of aryl methyl sites for hydroxylation is 2. The topological polar surface area (TPSA) is 55.6 Å². The average molecular weight is 416 g/mol. The number of imidazole rings is 1. The van der Waals surface area contributed by atoms with Gasteiger partial charge in [0.05, 0.1) is 29.1 Å². The fraction of sp³-hybridized carbons (Fsp3) is 0.174. The van der Waals surface area contributed by atoms with Crippen LogP contribution < -0.4 is 9.64 Å². The van der Waals surface area contributed by atoms with Crippen LogP contribution in [0.1, 0.15) is 11.1 Å². The summed E-state index contributed by atoms with van der Waals surface area (Å²) in [5.74, 6) is 1.63. The molecular formula is C23H21N5OS. The van der Waals surface area contributed by atoms with E-state index in [1.165, 1.54) is 11.1 Å². The van der Waals surface area contributed by atoms with Crippen molar-refractivity contribution in [3.05, 3.63) is 66.1 Å². The quantitative estimate of drug-likeness (QED) is 0.393. The third-order valence-corrected chi connectivity index (χ3v) is 6.62. The normalized spacial score (nSPS) is 11.3. The molecule has 5 aromatic rings. The van der Waals surface area contributed by atoms with Crippen molar-refractivity contribution in [2.24, 2.45) is 0 Å². The molecule has 0 saturated carbocycles. The first-order chi connectivity index (χ1) is 14.5.